The van der Waals surface area contributed by atoms with Crippen molar-refractivity contribution < 1.29 is 14.1 Å². The third-order valence-electron chi connectivity index (χ3n) is 0.854. The number of carbonyl (C=O) groups is 1. The Hall–Kier alpha value is -1.03. The van der Waals surface area contributed by atoms with Crippen molar-refractivity contribution in [1.82, 2.24) is 5.16 Å². The van der Waals surface area contributed by atoms with Gasteiger partial charge in [0.05, 0.1) is 6.20 Å². The molecule has 1 rings (SSSR count). The van der Waals surface area contributed by atoms with Crippen molar-refractivity contribution in [3.63, 3.8) is 0 Å². The van der Waals surface area contributed by atoms with Crippen molar-refractivity contribution in [2.45, 2.75) is 0 Å². The Morgan fingerprint density at radius 3 is 3.20 bits per heavy atom. The zero-order valence-corrected chi connectivity index (χ0v) is 5.67. The first-order valence-electron chi connectivity index (χ1n) is 2.47. The standard InChI is InChI=1S/C5H4ClNO3/c6-3-9-5(8)4-1-7-10-2-4/h1-2H,3H2. The van der Waals surface area contributed by atoms with Crippen LogP contribution < -0.4 is 0 Å². The predicted molar refractivity (Wildman–Crippen MR) is 32.6 cm³/mol. The Morgan fingerprint density at radius 2 is 2.70 bits per heavy atom. The van der Waals surface area contributed by atoms with Gasteiger partial charge in [-0.25, -0.2) is 4.79 Å². The highest BCUT2D eigenvalue weighted by Gasteiger charge is 2.07. The number of esters is 1. The summed E-state index contributed by atoms with van der Waals surface area (Å²) in [5, 5.41) is 3.31. The third-order valence-corrected chi connectivity index (χ3v) is 0.963. The lowest BCUT2D eigenvalue weighted by Gasteiger charge is -1.92. The number of hydrogen-bond acceptors (Lipinski definition) is 4. The van der Waals surface area contributed by atoms with Crippen LogP contribution in [0.15, 0.2) is 17.0 Å². The molecule has 0 aliphatic carbocycles. The second-order valence-electron chi connectivity index (χ2n) is 1.45. The molecule has 54 valence electrons. The molecule has 1 aromatic heterocycles. The van der Waals surface area contributed by atoms with Gasteiger partial charge in [0, 0.05) is 0 Å². The second kappa shape index (κ2) is 3.22. The summed E-state index contributed by atoms with van der Waals surface area (Å²) in [6.07, 6.45) is 2.45. The largest absolute Gasteiger partial charge is 0.446 e. The summed E-state index contributed by atoms with van der Waals surface area (Å²) in [6, 6.07) is -0.163. The Labute approximate surface area is 61.7 Å². The number of rotatable bonds is 2. The van der Waals surface area contributed by atoms with E-state index < -0.39 is 5.97 Å². The molecular formula is C5H4ClNO3. The van der Waals surface area contributed by atoms with E-state index in [1.54, 1.807) is 0 Å². The number of halogens is 1. The molecular weight excluding hydrogens is 158 g/mol. The van der Waals surface area contributed by atoms with Gasteiger partial charge in [-0.2, -0.15) is 0 Å². The van der Waals surface area contributed by atoms with Crippen LogP contribution >= 0.6 is 11.6 Å². The lowest BCUT2D eigenvalue weighted by molar-refractivity contribution is 0.0573. The molecule has 0 amide bonds. The molecule has 0 saturated carbocycles. The minimum atomic E-state index is -0.531. The molecule has 0 aliphatic heterocycles. The fourth-order valence-corrected chi connectivity index (χ4v) is 0.538. The molecule has 0 bridgehead atoms. The molecule has 0 aromatic carbocycles. The van der Waals surface area contributed by atoms with Crippen LogP contribution in [-0.2, 0) is 4.74 Å². The SMILES string of the molecule is O=C(OCCl)c1cnoc1. The van der Waals surface area contributed by atoms with Gasteiger partial charge in [0.2, 0.25) is 0 Å². The van der Waals surface area contributed by atoms with E-state index in [1.807, 2.05) is 0 Å². The van der Waals surface area contributed by atoms with Gasteiger partial charge in [0.15, 0.2) is 6.07 Å². The van der Waals surface area contributed by atoms with Crippen LogP contribution in [-0.4, -0.2) is 17.2 Å². The predicted octanol–water partition coefficient (Wildman–Crippen LogP) is 1.03. The molecule has 1 aromatic rings. The zero-order valence-electron chi connectivity index (χ0n) is 4.91. The number of nitrogens with zero attached hydrogens (tertiary/aromatic N) is 1. The number of alkyl halides is 1. The number of hydrogen-bond donors (Lipinski definition) is 0. The normalized spacial score (nSPS) is 9.30. The molecule has 0 saturated heterocycles. The van der Waals surface area contributed by atoms with E-state index in [-0.39, 0.29) is 11.6 Å². The van der Waals surface area contributed by atoms with E-state index in [0.29, 0.717) is 0 Å². The highest BCUT2D eigenvalue weighted by Crippen LogP contribution is 1.99. The molecule has 10 heavy (non-hydrogen) atoms. The average molecular weight is 162 g/mol. The summed E-state index contributed by atoms with van der Waals surface area (Å²) in [5.41, 5.74) is 0.264. The van der Waals surface area contributed by atoms with Crippen LogP contribution in [0.5, 0.6) is 0 Å². The van der Waals surface area contributed by atoms with E-state index in [4.69, 9.17) is 11.6 Å². The summed E-state index contributed by atoms with van der Waals surface area (Å²) < 4.78 is 8.80. The molecule has 1 heterocycles. The van der Waals surface area contributed by atoms with Crippen LogP contribution in [0.2, 0.25) is 0 Å². The summed E-state index contributed by atoms with van der Waals surface area (Å²) in [7, 11) is 0. The Bertz CT molecular complexity index is 209. The quantitative estimate of drug-likeness (QED) is 0.480. The van der Waals surface area contributed by atoms with E-state index >= 15 is 0 Å². The lowest BCUT2D eigenvalue weighted by Crippen LogP contribution is -2.01. The highest BCUT2D eigenvalue weighted by atomic mass is 35.5. The van der Waals surface area contributed by atoms with Crippen LogP contribution in [0.1, 0.15) is 10.4 Å². The Balaban J connectivity index is 2.59. The van der Waals surface area contributed by atoms with E-state index in [0.717, 1.165) is 0 Å². The molecule has 0 N–H and O–H groups in total. The number of aromatic nitrogens is 1. The van der Waals surface area contributed by atoms with Crippen molar-refractivity contribution in [3.05, 3.63) is 18.0 Å². The minimum absolute atomic E-state index is 0.163. The molecule has 0 spiro atoms. The first-order chi connectivity index (χ1) is 4.84. The third kappa shape index (κ3) is 1.48. The number of ether oxygens (including phenoxy) is 1. The van der Waals surface area contributed by atoms with Gasteiger partial charge in [0.1, 0.15) is 11.8 Å². The topological polar surface area (TPSA) is 52.3 Å². The van der Waals surface area contributed by atoms with E-state index in [9.17, 15) is 4.79 Å². The summed E-state index contributed by atoms with van der Waals surface area (Å²) in [5.74, 6) is -0.531. The van der Waals surface area contributed by atoms with E-state index in [1.165, 1.54) is 12.5 Å². The highest BCUT2D eigenvalue weighted by molar-refractivity contribution is 6.17. The van der Waals surface area contributed by atoms with Gasteiger partial charge in [-0.3, -0.25) is 0 Å². The van der Waals surface area contributed by atoms with Crippen molar-refractivity contribution in [2.75, 3.05) is 6.07 Å². The van der Waals surface area contributed by atoms with Crippen LogP contribution in [0.3, 0.4) is 0 Å². The molecule has 0 aliphatic rings. The van der Waals surface area contributed by atoms with Gasteiger partial charge in [0.25, 0.3) is 0 Å². The first kappa shape index (κ1) is 7.08. The van der Waals surface area contributed by atoms with Crippen molar-refractivity contribution in [3.8, 4) is 0 Å². The number of carbonyl (C=O) groups excluding carboxylic acids is 1. The van der Waals surface area contributed by atoms with E-state index in [2.05, 4.69) is 14.4 Å². The van der Waals surface area contributed by atoms with Gasteiger partial charge >= 0.3 is 5.97 Å². The fourth-order valence-electron chi connectivity index (χ4n) is 0.439. The minimum Gasteiger partial charge on any atom is -0.446 e. The molecule has 0 radical (unpaired) electrons. The van der Waals surface area contributed by atoms with Crippen LogP contribution in [0, 0.1) is 0 Å². The monoisotopic (exact) mass is 161 g/mol. The molecule has 4 nitrogen and oxygen atoms in total. The van der Waals surface area contributed by atoms with Crippen LogP contribution in [0.25, 0.3) is 0 Å². The molecule has 5 heteroatoms. The van der Waals surface area contributed by atoms with Gasteiger partial charge in [-0.05, 0) is 0 Å². The molecule has 0 unspecified atom stereocenters. The Morgan fingerprint density at radius 1 is 1.90 bits per heavy atom. The summed E-state index contributed by atoms with van der Waals surface area (Å²) in [6.45, 7) is 0. The van der Waals surface area contributed by atoms with Crippen molar-refractivity contribution in [2.24, 2.45) is 0 Å². The van der Waals surface area contributed by atoms with Gasteiger partial charge in [-0.1, -0.05) is 16.8 Å². The summed E-state index contributed by atoms with van der Waals surface area (Å²) in [4.78, 5) is 10.7. The smallest absolute Gasteiger partial charge is 0.344 e. The second-order valence-corrected chi connectivity index (χ2v) is 1.67. The van der Waals surface area contributed by atoms with Gasteiger partial charge in [-0.15, -0.1) is 0 Å². The maximum absolute atomic E-state index is 10.7. The first-order valence-corrected chi connectivity index (χ1v) is 3.00. The maximum atomic E-state index is 10.7. The Kier molecular flexibility index (Phi) is 2.28. The lowest BCUT2D eigenvalue weighted by atomic mass is 10.4. The van der Waals surface area contributed by atoms with Gasteiger partial charge < -0.3 is 9.26 Å². The molecule has 0 fully saturated rings. The molecule has 0 atom stereocenters. The average Bonchev–Trinajstić information content (AvgIpc) is 2.38. The maximum Gasteiger partial charge on any atom is 0.344 e. The van der Waals surface area contributed by atoms with Crippen LogP contribution in [0.4, 0.5) is 0 Å². The van der Waals surface area contributed by atoms with Crippen molar-refractivity contribution in [1.29, 1.82) is 0 Å². The summed E-state index contributed by atoms with van der Waals surface area (Å²) >= 11 is 5.12. The fraction of sp³-hybridized carbons (Fsp3) is 0.200. The zero-order chi connectivity index (χ0) is 7.40. The van der Waals surface area contributed by atoms with Crippen molar-refractivity contribution >= 4 is 17.6 Å².